The molecular formula is C37H44Cl2N8O3. The summed E-state index contributed by atoms with van der Waals surface area (Å²) in [5.74, 6) is 1.29. The van der Waals surface area contributed by atoms with E-state index in [9.17, 15) is 4.79 Å². The van der Waals surface area contributed by atoms with Gasteiger partial charge in [-0.05, 0) is 80.8 Å². The number of methoxy groups -OCH3 is 1. The molecule has 1 aliphatic heterocycles. The normalized spacial score (nSPS) is 14.6. The number of hydrogen-bond donors (Lipinski definition) is 2. The van der Waals surface area contributed by atoms with Gasteiger partial charge < -0.3 is 29.2 Å². The van der Waals surface area contributed by atoms with Crippen LogP contribution in [-0.2, 0) is 11.3 Å². The first-order valence-corrected chi connectivity index (χ1v) is 17.9. The summed E-state index contributed by atoms with van der Waals surface area (Å²) in [5.41, 5.74) is 5.04. The monoisotopic (exact) mass is 718 g/mol. The number of H-pyrrole nitrogens is 1. The third-order valence-corrected chi connectivity index (χ3v) is 10.2. The highest BCUT2D eigenvalue weighted by molar-refractivity contribution is 6.42. The first-order valence-electron chi connectivity index (χ1n) is 17.1. The number of likely N-dealkylation sites (tertiary alicyclic amines) is 1. The summed E-state index contributed by atoms with van der Waals surface area (Å²) in [6.07, 6.45) is 4.48. The van der Waals surface area contributed by atoms with Crippen molar-refractivity contribution < 1.29 is 14.3 Å². The van der Waals surface area contributed by atoms with Crippen LogP contribution in [0, 0.1) is 0 Å². The number of nitrogens with zero attached hydrogens (tertiary/aromatic N) is 6. The lowest BCUT2D eigenvalue weighted by atomic mass is 9.93. The van der Waals surface area contributed by atoms with Gasteiger partial charge >= 0.3 is 0 Å². The van der Waals surface area contributed by atoms with Gasteiger partial charge in [0.1, 0.15) is 11.4 Å². The number of aromatic amines is 1. The maximum Gasteiger partial charge on any atom is 0.257 e. The highest BCUT2D eigenvalue weighted by Crippen LogP contribution is 2.31. The Kier molecular flexibility index (Phi) is 11.9. The van der Waals surface area contributed by atoms with Gasteiger partial charge in [0.05, 0.1) is 46.6 Å². The minimum Gasteiger partial charge on any atom is -0.496 e. The van der Waals surface area contributed by atoms with Gasteiger partial charge in [0, 0.05) is 57.4 Å². The molecule has 1 atom stereocenters. The summed E-state index contributed by atoms with van der Waals surface area (Å²) in [5, 5.41) is 15.5. The first-order chi connectivity index (χ1) is 24.3. The van der Waals surface area contributed by atoms with Crippen molar-refractivity contribution in [3.8, 4) is 17.0 Å². The maximum atomic E-state index is 13.9. The van der Waals surface area contributed by atoms with Crippen LogP contribution < -0.4 is 10.1 Å². The molecule has 3 heterocycles. The van der Waals surface area contributed by atoms with Gasteiger partial charge in [-0.3, -0.25) is 4.79 Å². The number of anilines is 1. The molecule has 2 N–H and O–H groups in total. The largest absolute Gasteiger partial charge is 0.496 e. The molecule has 50 heavy (non-hydrogen) atoms. The van der Waals surface area contributed by atoms with E-state index in [0.717, 1.165) is 73.6 Å². The van der Waals surface area contributed by atoms with Crippen molar-refractivity contribution in [2.45, 2.75) is 44.7 Å². The number of fused-ring (bicyclic) bond motifs is 1. The number of carbonyl (C=O) groups is 1. The van der Waals surface area contributed by atoms with E-state index in [4.69, 9.17) is 37.7 Å². The van der Waals surface area contributed by atoms with E-state index in [0.29, 0.717) is 52.9 Å². The van der Waals surface area contributed by atoms with E-state index in [1.807, 2.05) is 44.3 Å². The second kappa shape index (κ2) is 16.7. The Labute approximate surface area is 302 Å². The van der Waals surface area contributed by atoms with Crippen LogP contribution in [0.1, 0.15) is 48.0 Å². The van der Waals surface area contributed by atoms with E-state index < -0.39 is 0 Å². The number of carbonyl (C=O) groups excluding carboxylic acids is 1. The minimum absolute atomic E-state index is 0.0320. The number of halogens is 2. The molecule has 1 amide bonds. The molecule has 0 radical (unpaired) electrons. The molecule has 0 aliphatic carbocycles. The average molecular weight is 720 g/mol. The SMILES string of the molecule is CCOCCn1c(NC2CCN(CCC(CN(C)C(=O)c3cc(-c4cn[nH]n4)ccc3OC)c3ccc(Cl)c(Cl)c3)CC2)nc2ccccc21. The van der Waals surface area contributed by atoms with Crippen LogP contribution in [0.5, 0.6) is 5.75 Å². The van der Waals surface area contributed by atoms with Gasteiger partial charge in [-0.2, -0.15) is 15.4 Å². The Morgan fingerprint density at radius 2 is 1.90 bits per heavy atom. The Morgan fingerprint density at radius 3 is 2.64 bits per heavy atom. The molecule has 1 aliphatic rings. The van der Waals surface area contributed by atoms with Crippen LogP contribution in [0.3, 0.4) is 0 Å². The molecule has 2 aromatic heterocycles. The zero-order valence-corrected chi connectivity index (χ0v) is 30.3. The lowest BCUT2D eigenvalue weighted by Gasteiger charge is -2.34. The van der Waals surface area contributed by atoms with Crippen LogP contribution >= 0.6 is 23.2 Å². The number of para-hydroxylation sites is 2. The van der Waals surface area contributed by atoms with Crippen molar-refractivity contribution >= 4 is 46.1 Å². The molecule has 13 heteroatoms. The number of amides is 1. The van der Waals surface area contributed by atoms with E-state index in [2.05, 4.69) is 48.4 Å². The van der Waals surface area contributed by atoms with E-state index in [-0.39, 0.29) is 11.8 Å². The number of imidazole rings is 1. The molecule has 264 valence electrons. The van der Waals surface area contributed by atoms with Crippen molar-refractivity contribution in [1.29, 1.82) is 0 Å². The second-order valence-electron chi connectivity index (χ2n) is 12.6. The van der Waals surface area contributed by atoms with Gasteiger partial charge in [0.2, 0.25) is 5.95 Å². The number of hydrogen-bond acceptors (Lipinski definition) is 8. The van der Waals surface area contributed by atoms with Gasteiger partial charge in [-0.1, -0.05) is 41.4 Å². The summed E-state index contributed by atoms with van der Waals surface area (Å²) < 4.78 is 13.5. The molecule has 1 saturated heterocycles. The molecule has 0 bridgehead atoms. The van der Waals surface area contributed by atoms with Crippen LogP contribution in [0.2, 0.25) is 10.0 Å². The molecule has 1 unspecified atom stereocenters. The predicted molar refractivity (Wildman–Crippen MR) is 198 cm³/mol. The molecule has 1 fully saturated rings. The Bertz CT molecular complexity index is 1870. The molecule has 3 aromatic carbocycles. The highest BCUT2D eigenvalue weighted by atomic mass is 35.5. The predicted octanol–water partition coefficient (Wildman–Crippen LogP) is 7.00. The van der Waals surface area contributed by atoms with Crippen molar-refractivity contribution in [1.82, 2.24) is 34.8 Å². The number of benzene rings is 3. The fourth-order valence-electron chi connectivity index (χ4n) is 6.66. The third-order valence-electron chi connectivity index (χ3n) is 9.43. The van der Waals surface area contributed by atoms with Crippen LogP contribution in [0.4, 0.5) is 5.95 Å². The maximum absolute atomic E-state index is 13.9. The number of rotatable bonds is 15. The van der Waals surface area contributed by atoms with Crippen molar-refractivity contribution in [2.24, 2.45) is 0 Å². The van der Waals surface area contributed by atoms with E-state index in [1.165, 1.54) is 0 Å². The van der Waals surface area contributed by atoms with Gasteiger partial charge in [-0.25, -0.2) is 4.98 Å². The van der Waals surface area contributed by atoms with Crippen molar-refractivity contribution in [3.63, 3.8) is 0 Å². The fourth-order valence-corrected chi connectivity index (χ4v) is 6.96. The number of piperidine rings is 1. The zero-order valence-electron chi connectivity index (χ0n) is 28.7. The summed E-state index contributed by atoms with van der Waals surface area (Å²) >= 11 is 12.8. The molecule has 0 spiro atoms. The number of nitrogens with one attached hydrogen (secondary N) is 2. The van der Waals surface area contributed by atoms with E-state index in [1.54, 1.807) is 30.3 Å². The van der Waals surface area contributed by atoms with Crippen LogP contribution in [0.25, 0.3) is 22.3 Å². The number of aromatic nitrogens is 5. The Morgan fingerprint density at radius 1 is 1.08 bits per heavy atom. The lowest BCUT2D eigenvalue weighted by Crippen LogP contribution is -2.40. The summed E-state index contributed by atoms with van der Waals surface area (Å²) in [7, 11) is 3.39. The smallest absolute Gasteiger partial charge is 0.257 e. The number of likely N-dealkylation sites (N-methyl/N-ethyl adjacent to an activating group) is 1. The van der Waals surface area contributed by atoms with Crippen molar-refractivity contribution in [2.75, 3.05) is 58.9 Å². The lowest BCUT2D eigenvalue weighted by molar-refractivity contribution is 0.0778. The summed E-state index contributed by atoms with van der Waals surface area (Å²) in [6.45, 7) is 7.41. The topological polar surface area (TPSA) is 113 Å². The second-order valence-corrected chi connectivity index (χ2v) is 13.5. The molecule has 11 nitrogen and oxygen atoms in total. The minimum atomic E-state index is -0.142. The molecule has 6 rings (SSSR count). The quantitative estimate of drug-likeness (QED) is 0.111. The molecule has 0 saturated carbocycles. The zero-order chi connectivity index (χ0) is 35.0. The third kappa shape index (κ3) is 8.40. The Balaban J connectivity index is 1.11. The fraction of sp³-hybridized carbons (Fsp3) is 0.405. The molecule has 5 aromatic rings. The van der Waals surface area contributed by atoms with Crippen LogP contribution in [-0.4, -0.2) is 100 Å². The summed E-state index contributed by atoms with van der Waals surface area (Å²) in [6, 6.07) is 19.8. The summed E-state index contributed by atoms with van der Waals surface area (Å²) in [4.78, 5) is 23.1. The average Bonchev–Trinajstić information content (AvgIpc) is 3.80. The standard InChI is InChI=1S/C37H44Cl2N8O3/c1-4-50-20-19-47-34-8-6-5-7-32(34)42-37(47)41-28-14-17-46(18-15-28)16-13-27(25-9-11-30(38)31(39)22-25)24-45(2)36(48)29-21-26(10-12-35(29)49-3)33-23-40-44-43-33/h5-12,21-23,27-28H,4,13-20,24H2,1-3H3,(H,41,42)(H,40,43,44). The highest BCUT2D eigenvalue weighted by Gasteiger charge is 2.26. The van der Waals surface area contributed by atoms with Crippen LogP contribution in [0.15, 0.2) is 66.9 Å². The van der Waals surface area contributed by atoms with E-state index >= 15 is 0 Å². The van der Waals surface area contributed by atoms with Crippen molar-refractivity contribution in [3.05, 3.63) is 88.0 Å². The first kappa shape index (κ1) is 35.7. The van der Waals surface area contributed by atoms with Gasteiger partial charge in [0.15, 0.2) is 0 Å². The van der Waals surface area contributed by atoms with Gasteiger partial charge in [0.25, 0.3) is 5.91 Å². The Hall–Kier alpha value is -4.16. The number of ether oxygens (including phenoxy) is 2. The van der Waals surface area contributed by atoms with Gasteiger partial charge in [-0.15, -0.1) is 0 Å². The molecular weight excluding hydrogens is 675 g/mol.